The van der Waals surface area contributed by atoms with Gasteiger partial charge in [0.15, 0.2) is 0 Å². The number of benzene rings is 1. The molecular weight excluding hydrogens is 366 g/mol. The van der Waals surface area contributed by atoms with Crippen molar-refractivity contribution in [2.45, 2.75) is 45.2 Å². The van der Waals surface area contributed by atoms with Gasteiger partial charge in [-0.3, -0.25) is 14.4 Å². The highest BCUT2D eigenvalue weighted by atomic mass is 16.5. The molecule has 1 aromatic rings. The van der Waals surface area contributed by atoms with Crippen LogP contribution in [0.3, 0.4) is 0 Å². The molecule has 1 amide bonds. The van der Waals surface area contributed by atoms with Crippen molar-refractivity contribution in [1.29, 1.82) is 0 Å². The number of carbonyl (C=O) groups excluding carboxylic acids is 2. The number of rotatable bonds is 9. The lowest BCUT2D eigenvalue weighted by atomic mass is 10.0. The number of hydrogen-bond donors (Lipinski definition) is 1. The maximum absolute atomic E-state index is 12.9. The highest BCUT2D eigenvalue weighted by molar-refractivity contribution is 5.94. The summed E-state index contributed by atoms with van der Waals surface area (Å²) in [6, 6.07) is 4.74. The number of amides is 1. The molecule has 2 unspecified atom stereocenters. The Bertz CT molecular complexity index is 719. The zero-order valence-corrected chi connectivity index (χ0v) is 16.5. The molecule has 0 saturated heterocycles. The molecule has 1 aromatic carbocycles. The molecule has 2 rings (SSSR count). The van der Waals surface area contributed by atoms with Crippen LogP contribution in [0.5, 0.6) is 11.5 Å². The first-order valence-electron chi connectivity index (χ1n) is 9.30. The van der Waals surface area contributed by atoms with Gasteiger partial charge in [-0.15, -0.1) is 0 Å². The number of methoxy groups -OCH3 is 2. The van der Waals surface area contributed by atoms with Gasteiger partial charge < -0.3 is 24.2 Å². The minimum Gasteiger partial charge on any atom is -0.497 e. The lowest BCUT2D eigenvalue weighted by Crippen LogP contribution is -2.44. The SMILES string of the molecule is CCOC(=O)CC(=O)N(Cc1ccc(OC)cc1OC)C1CCCC1C(=O)O. The Balaban J connectivity index is 2.31. The molecule has 8 heteroatoms. The largest absolute Gasteiger partial charge is 0.497 e. The van der Waals surface area contributed by atoms with Crippen LogP contribution >= 0.6 is 0 Å². The summed E-state index contributed by atoms with van der Waals surface area (Å²) in [7, 11) is 3.05. The number of nitrogens with zero attached hydrogens (tertiary/aromatic N) is 1. The summed E-state index contributed by atoms with van der Waals surface area (Å²) < 4.78 is 15.5. The summed E-state index contributed by atoms with van der Waals surface area (Å²) in [5, 5.41) is 9.54. The Morgan fingerprint density at radius 3 is 2.54 bits per heavy atom. The zero-order chi connectivity index (χ0) is 20.7. The van der Waals surface area contributed by atoms with E-state index in [0.29, 0.717) is 36.3 Å². The van der Waals surface area contributed by atoms with Gasteiger partial charge in [-0.25, -0.2) is 0 Å². The monoisotopic (exact) mass is 393 g/mol. The topological polar surface area (TPSA) is 102 Å². The van der Waals surface area contributed by atoms with E-state index in [1.807, 2.05) is 0 Å². The van der Waals surface area contributed by atoms with Crippen LogP contribution in [-0.4, -0.2) is 54.7 Å². The number of hydrogen-bond acceptors (Lipinski definition) is 6. The normalized spacial score (nSPS) is 18.4. The van der Waals surface area contributed by atoms with Crippen molar-refractivity contribution >= 4 is 17.8 Å². The summed E-state index contributed by atoms with van der Waals surface area (Å²) in [6.07, 6.45) is 1.37. The average molecular weight is 393 g/mol. The Morgan fingerprint density at radius 1 is 1.18 bits per heavy atom. The third-order valence-electron chi connectivity index (χ3n) is 4.95. The van der Waals surface area contributed by atoms with Crippen molar-refractivity contribution in [3.8, 4) is 11.5 Å². The Morgan fingerprint density at radius 2 is 1.93 bits per heavy atom. The molecule has 0 spiro atoms. The van der Waals surface area contributed by atoms with Gasteiger partial charge in [0.1, 0.15) is 17.9 Å². The number of esters is 1. The van der Waals surface area contributed by atoms with E-state index in [2.05, 4.69) is 0 Å². The molecule has 8 nitrogen and oxygen atoms in total. The van der Waals surface area contributed by atoms with Gasteiger partial charge in [0.05, 0.1) is 26.7 Å². The van der Waals surface area contributed by atoms with Gasteiger partial charge in [-0.1, -0.05) is 6.42 Å². The van der Waals surface area contributed by atoms with E-state index in [1.54, 1.807) is 32.2 Å². The molecule has 1 fully saturated rings. The van der Waals surface area contributed by atoms with Crippen LogP contribution in [0.15, 0.2) is 18.2 Å². The van der Waals surface area contributed by atoms with Crippen molar-refractivity contribution in [2.24, 2.45) is 5.92 Å². The molecule has 2 atom stereocenters. The smallest absolute Gasteiger partial charge is 0.315 e. The summed E-state index contributed by atoms with van der Waals surface area (Å²) in [4.78, 5) is 37.8. The number of carbonyl (C=O) groups is 3. The van der Waals surface area contributed by atoms with Gasteiger partial charge in [0, 0.05) is 24.2 Å². The molecule has 1 saturated carbocycles. The Kier molecular flexibility index (Phi) is 7.66. The first-order valence-corrected chi connectivity index (χ1v) is 9.30. The van der Waals surface area contributed by atoms with Crippen LogP contribution < -0.4 is 9.47 Å². The maximum Gasteiger partial charge on any atom is 0.315 e. The van der Waals surface area contributed by atoms with Gasteiger partial charge in [-0.2, -0.15) is 0 Å². The Hall–Kier alpha value is -2.77. The van der Waals surface area contributed by atoms with Crippen molar-refractivity contribution in [1.82, 2.24) is 4.90 Å². The van der Waals surface area contributed by atoms with E-state index in [1.165, 1.54) is 12.0 Å². The van der Waals surface area contributed by atoms with Crippen LogP contribution in [-0.2, 0) is 25.7 Å². The second-order valence-corrected chi connectivity index (χ2v) is 6.62. The molecule has 1 N–H and O–H groups in total. The third kappa shape index (κ3) is 5.15. The fourth-order valence-corrected chi connectivity index (χ4v) is 3.60. The lowest BCUT2D eigenvalue weighted by Gasteiger charge is -2.32. The Labute approximate surface area is 164 Å². The first kappa shape index (κ1) is 21.5. The van der Waals surface area contributed by atoms with Gasteiger partial charge >= 0.3 is 11.9 Å². The lowest BCUT2D eigenvalue weighted by molar-refractivity contribution is -0.151. The first-order chi connectivity index (χ1) is 13.4. The fourth-order valence-electron chi connectivity index (χ4n) is 3.60. The number of ether oxygens (including phenoxy) is 3. The molecule has 28 heavy (non-hydrogen) atoms. The van der Waals surface area contributed by atoms with Crippen LogP contribution in [0, 0.1) is 5.92 Å². The van der Waals surface area contributed by atoms with Crippen LogP contribution in [0.2, 0.25) is 0 Å². The number of carboxylic acid groups (broad SMARTS) is 1. The van der Waals surface area contributed by atoms with Gasteiger partial charge in [-0.05, 0) is 31.9 Å². The molecule has 1 aliphatic carbocycles. The number of carboxylic acids is 1. The molecular formula is C20H27NO7. The second-order valence-electron chi connectivity index (χ2n) is 6.62. The molecule has 0 bridgehead atoms. The molecule has 1 aliphatic rings. The molecule has 154 valence electrons. The summed E-state index contributed by atoms with van der Waals surface area (Å²) >= 11 is 0. The van der Waals surface area contributed by atoms with E-state index < -0.39 is 36.2 Å². The zero-order valence-electron chi connectivity index (χ0n) is 16.5. The van der Waals surface area contributed by atoms with Crippen molar-refractivity contribution in [2.75, 3.05) is 20.8 Å². The molecule has 0 aliphatic heterocycles. The third-order valence-corrected chi connectivity index (χ3v) is 4.95. The van der Waals surface area contributed by atoms with Crippen molar-refractivity contribution in [3.05, 3.63) is 23.8 Å². The predicted octanol–water partition coefficient (Wildman–Crippen LogP) is 2.24. The van der Waals surface area contributed by atoms with Crippen LogP contribution in [0.1, 0.15) is 38.2 Å². The van der Waals surface area contributed by atoms with Crippen molar-refractivity contribution in [3.63, 3.8) is 0 Å². The molecule has 0 heterocycles. The second kappa shape index (κ2) is 9.96. The van der Waals surface area contributed by atoms with Gasteiger partial charge in [0.25, 0.3) is 0 Å². The van der Waals surface area contributed by atoms with E-state index in [-0.39, 0.29) is 13.2 Å². The quantitative estimate of drug-likeness (QED) is 0.507. The van der Waals surface area contributed by atoms with E-state index in [0.717, 1.165) is 0 Å². The standard InChI is InChI=1S/C20H27NO7/c1-4-28-19(23)11-18(22)21(16-7-5-6-15(16)20(24)25)12-13-8-9-14(26-2)10-17(13)27-3/h8-10,15-16H,4-7,11-12H2,1-3H3,(H,24,25). The summed E-state index contributed by atoms with van der Waals surface area (Å²) in [5.74, 6) is -1.53. The van der Waals surface area contributed by atoms with Crippen molar-refractivity contribution < 1.29 is 33.7 Å². The van der Waals surface area contributed by atoms with Crippen LogP contribution in [0.25, 0.3) is 0 Å². The van der Waals surface area contributed by atoms with Crippen LogP contribution in [0.4, 0.5) is 0 Å². The molecule has 0 radical (unpaired) electrons. The fraction of sp³-hybridized carbons (Fsp3) is 0.550. The predicted molar refractivity (Wildman–Crippen MR) is 100 cm³/mol. The van der Waals surface area contributed by atoms with E-state index >= 15 is 0 Å². The highest BCUT2D eigenvalue weighted by Gasteiger charge is 2.39. The van der Waals surface area contributed by atoms with Gasteiger partial charge in [0.2, 0.25) is 5.91 Å². The minimum absolute atomic E-state index is 0.139. The van der Waals surface area contributed by atoms with E-state index in [4.69, 9.17) is 14.2 Å². The van der Waals surface area contributed by atoms with E-state index in [9.17, 15) is 19.5 Å². The average Bonchev–Trinajstić information content (AvgIpc) is 3.15. The number of aliphatic carboxylic acids is 1. The maximum atomic E-state index is 12.9. The highest BCUT2D eigenvalue weighted by Crippen LogP contribution is 2.34. The minimum atomic E-state index is -0.932. The summed E-state index contributed by atoms with van der Waals surface area (Å²) in [6.45, 7) is 1.99. The molecule has 0 aromatic heterocycles. The summed E-state index contributed by atoms with van der Waals surface area (Å²) in [5.41, 5.74) is 0.705.